The molecule has 1 rings (SSSR count). The summed E-state index contributed by atoms with van der Waals surface area (Å²) in [7, 11) is 0. The third-order valence-corrected chi connectivity index (χ3v) is 2.59. The number of hydrogen-bond donors (Lipinski definition) is 2. The molecule has 3 N–H and O–H groups in total. The topological polar surface area (TPSA) is 77.1 Å². The smallest absolute Gasteiger partial charge is 0.170 e. The van der Waals surface area contributed by atoms with Gasteiger partial charge < -0.3 is 20.4 Å². The van der Waals surface area contributed by atoms with E-state index in [2.05, 4.69) is 19.0 Å². The monoisotopic (exact) mass is 266 g/mol. The van der Waals surface area contributed by atoms with Crippen molar-refractivity contribution < 1.29 is 14.7 Å². The number of nitrogens with two attached hydrogens (primary N) is 1. The van der Waals surface area contributed by atoms with Gasteiger partial charge in [0.2, 0.25) is 0 Å². The van der Waals surface area contributed by atoms with Crippen LogP contribution in [0.2, 0.25) is 0 Å². The van der Waals surface area contributed by atoms with Crippen molar-refractivity contribution in [2.75, 3.05) is 19.8 Å². The van der Waals surface area contributed by atoms with Crippen molar-refractivity contribution in [3.63, 3.8) is 0 Å². The summed E-state index contributed by atoms with van der Waals surface area (Å²) in [5.74, 6) is 1.48. The van der Waals surface area contributed by atoms with E-state index in [-0.39, 0.29) is 5.84 Å². The van der Waals surface area contributed by atoms with E-state index in [9.17, 15) is 0 Å². The first-order valence-corrected chi connectivity index (χ1v) is 6.42. The van der Waals surface area contributed by atoms with E-state index >= 15 is 0 Å². The molecule has 0 heterocycles. The number of ether oxygens (including phenoxy) is 2. The number of benzene rings is 1. The largest absolute Gasteiger partial charge is 0.491 e. The maximum absolute atomic E-state index is 8.54. The van der Waals surface area contributed by atoms with Crippen molar-refractivity contribution in [3.8, 4) is 5.75 Å². The van der Waals surface area contributed by atoms with Crippen LogP contribution in [0.4, 0.5) is 0 Å². The second-order valence-corrected chi connectivity index (χ2v) is 4.65. The summed E-state index contributed by atoms with van der Waals surface area (Å²) in [6.45, 7) is 6.20. The number of oxime groups is 1. The lowest BCUT2D eigenvalue weighted by Gasteiger charge is -2.08. The van der Waals surface area contributed by atoms with Crippen molar-refractivity contribution in [1.82, 2.24) is 0 Å². The van der Waals surface area contributed by atoms with Crippen LogP contribution in [-0.4, -0.2) is 30.9 Å². The number of rotatable bonds is 8. The lowest BCUT2D eigenvalue weighted by Crippen LogP contribution is -2.13. The Bertz CT molecular complexity index is 388. The molecular formula is C14H22N2O3. The molecule has 0 aliphatic carbocycles. The fourth-order valence-electron chi connectivity index (χ4n) is 1.42. The van der Waals surface area contributed by atoms with Crippen LogP contribution in [0, 0.1) is 5.92 Å². The Morgan fingerprint density at radius 2 is 1.89 bits per heavy atom. The molecule has 0 unspecified atom stereocenters. The molecule has 1 aromatic rings. The van der Waals surface area contributed by atoms with Crippen molar-refractivity contribution in [1.29, 1.82) is 0 Å². The molecule has 1 aromatic carbocycles. The highest BCUT2D eigenvalue weighted by molar-refractivity contribution is 5.97. The lowest BCUT2D eigenvalue weighted by atomic mass is 10.1. The standard InChI is InChI=1S/C14H22N2O3/c1-11(2)7-8-18-9-10-19-13-5-3-12(4-6-13)14(15)16-17/h3-6,11,17H,7-10H2,1-2H3,(H2,15,16). The normalized spacial score (nSPS) is 11.8. The van der Waals surface area contributed by atoms with E-state index in [1.54, 1.807) is 24.3 Å². The fourth-order valence-corrected chi connectivity index (χ4v) is 1.42. The molecule has 19 heavy (non-hydrogen) atoms. The Morgan fingerprint density at radius 1 is 1.21 bits per heavy atom. The number of nitrogens with zero attached hydrogens (tertiary/aromatic N) is 1. The van der Waals surface area contributed by atoms with Gasteiger partial charge in [-0.1, -0.05) is 19.0 Å². The van der Waals surface area contributed by atoms with Crippen LogP contribution >= 0.6 is 0 Å². The Hall–Kier alpha value is -1.75. The van der Waals surface area contributed by atoms with Gasteiger partial charge in [-0.3, -0.25) is 0 Å². The highest BCUT2D eigenvalue weighted by Crippen LogP contribution is 2.11. The zero-order valence-corrected chi connectivity index (χ0v) is 11.5. The molecule has 0 atom stereocenters. The molecule has 0 amide bonds. The molecular weight excluding hydrogens is 244 g/mol. The van der Waals surface area contributed by atoms with Gasteiger partial charge in [-0.25, -0.2) is 0 Å². The van der Waals surface area contributed by atoms with Crippen LogP contribution in [0.3, 0.4) is 0 Å². The van der Waals surface area contributed by atoms with Gasteiger partial charge in [-0.15, -0.1) is 0 Å². The summed E-state index contributed by atoms with van der Waals surface area (Å²) in [5.41, 5.74) is 6.12. The highest BCUT2D eigenvalue weighted by Gasteiger charge is 2.00. The number of amidine groups is 1. The van der Waals surface area contributed by atoms with E-state index in [0.29, 0.717) is 24.7 Å². The second-order valence-electron chi connectivity index (χ2n) is 4.65. The van der Waals surface area contributed by atoms with Crippen molar-refractivity contribution in [2.24, 2.45) is 16.8 Å². The average Bonchev–Trinajstić information content (AvgIpc) is 2.42. The summed E-state index contributed by atoms with van der Waals surface area (Å²) < 4.78 is 11.0. The molecule has 0 fully saturated rings. The highest BCUT2D eigenvalue weighted by atomic mass is 16.5. The summed E-state index contributed by atoms with van der Waals surface area (Å²) >= 11 is 0. The van der Waals surface area contributed by atoms with Crippen LogP contribution in [-0.2, 0) is 4.74 Å². The zero-order valence-electron chi connectivity index (χ0n) is 11.5. The molecule has 0 aliphatic heterocycles. The number of hydrogen-bond acceptors (Lipinski definition) is 4. The van der Waals surface area contributed by atoms with Crippen molar-refractivity contribution >= 4 is 5.84 Å². The summed E-state index contributed by atoms with van der Waals surface area (Å²) in [4.78, 5) is 0. The summed E-state index contributed by atoms with van der Waals surface area (Å²) in [5, 5.41) is 11.5. The van der Waals surface area contributed by atoms with Gasteiger partial charge in [-0.2, -0.15) is 0 Å². The van der Waals surface area contributed by atoms with Gasteiger partial charge in [-0.05, 0) is 36.6 Å². The maximum Gasteiger partial charge on any atom is 0.170 e. The van der Waals surface area contributed by atoms with E-state index in [4.69, 9.17) is 20.4 Å². The molecule has 0 spiro atoms. The second kappa shape index (κ2) is 8.37. The SMILES string of the molecule is CC(C)CCOCCOc1ccc(C(N)=NO)cc1. The van der Waals surface area contributed by atoms with E-state index in [0.717, 1.165) is 18.8 Å². The predicted octanol–water partition coefficient (Wildman–Crippen LogP) is 2.22. The van der Waals surface area contributed by atoms with Gasteiger partial charge in [0.1, 0.15) is 12.4 Å². The first-order valence-electron chi connectivity index (χ1n) is 6.42. The van der Waals surface area contributed by atoms with Crippen LogP contribution in [0.25, 0.3) is 0 Å². The third kappa shape index (κ3) is 6.10. The minimum absolute atomic E-state index is 0.0866. The fraction of sp³-hybridized carbons (Fsp3) is 0.500. The molecule has 0 bridgehead atoms. The van der Waals surface area contributed by atoms with Crippen LogP contribution in [0.15, 0.2) is 29.4 Å². The molecule has 0 saturated carbocycles. The van der Waals surface area contributed by atoms with Crippen LogP contribution in [0.1, 0.15) is 25.8 Å². The third-order valence-electron chi connectivity index (χ3n) is 2.59. The molecule has 0 aliphatic rings. The van der Waals surface area contributed by atoms with Crippen molar-refractivity contribution in [3.05, 3.63) is 29.8 Å². The van der Waals surface area contributed by atoms with Crippen molar-refractivity contribution in [2.45, 2.75) is 20.3 Å². The van der Waals surface area contributed by atoms with E-state index in [1.807, 2.05) is 0 Å². The lowest BCUT2D eigenvalue weighted by molar-refractivity contribution is 0.0926. The van der Waals surface area contributed by atoms with E-state index < -0.39 is 0 Å². The molecule has 0 saturated heterocycles. The molecule has 106 valence electrons. The Morgan fingerprint density at radius 3 is 2.47 bits per heavy atom. The van der Waals surface area contributed by atoms with Gasteiger partial charge in [0.05, 0.1) is 6.61 Å². The van der Waals surface area contributed by atoms with Gasteiger partial charge in [0.15, 0.2) is 5.84 Å². The van der Waals surface area contributed by atoms with Gasteiger partial charge >= 0.3 is 0 Å². The Balaban J connectivity index is 2.23. The maximum atomic E-state index is 8.54. The predicted molar refractivity (Wildman–Crippen MR) is 74.7 cm³/mol. The average molecular weight is 266 g/mol. The van der Waals surface area contributed by atoms with Gasteiger partial charge in [0.25, 0.3) is 0 Å². The molecule has 5 heteroatoms. The van der Waals surface area contributed by atoms with Crippen LogP contribution in [0.5, 0.6) is 5.75 Å². The van der Waals surface area contributed by atoms with E-state index in [1.165, 1.54) is 0 Å². The molecule has 0 aromatic heterocycles. The summed E-state index contributed by atoms with van der Waals surface area (Å²) in [6.07, 6.45) is 1.06. The Kier molecular flexibility index (Phi) is 6.74. The van der Waals surface area contributed by atoms with Gasteiger partial charge in [0, 0.05) is 12.2 Å². The Labute approximate surface area is 114 Å². The molecule has 5 nitrogen and oxygen atoms in total. The first kappa shape index (κ1) is 15.3. The summed E-state index contributed by atoms with van der Waals surface area (Å²) in [6, 6.07) is 7.04. The molecule has 0 radical (unpaired) electrons. The zero-order chi connectivity index (χ0) is 14.1. The quantitative estimate of drug-likeness (QED) is 0.249. The minimum atomic E-state index is 0.0866. The first-order chi connectivity index (χ1) is 9.13. The van der Waals surface area contributed by atoms with Crippen LogP contribution < -0.4 is 10.5 Å². The minimum Gasteiger partial charge on any atom is -0.491 e.